The maximum absolute atomic E-state index is 12.6. The second-order valence-corrected chi connectivity index (χ2v) is 9.27. The van der Waals surface area contributed by atoms with Gasteiger partial charge in [-0.3, -0.25) is 14.5 Å². The lowest BCUT2D eigenvalue weighted by atomic mass is 10.0. The van der Waals surface area contributed by atoms with E-state index in [0.717, 1.165) is 5.56 Å². The van der Waals surface area contributed by atoms with E-state index in [1.807, 2.05) is 4.90 Å². The molecule has 1 aromatic carbocycles. The Labute approximate surface area is 196 Å². The summed E-state index contributed by atoms with van der Waals surface area (Å²) in [6.07, 6.45) is -2.11. The molecule has 0 aliphatic carbocycles. The van der Waals surface area contributed by atoms with Gasteiger partial charge in [-0.1, -0.05) is 12.1 Å². The van der Waals surface area contributed by atoms with Crippen LogP contribution in [0.4, 0.5) is 13.2 Å². The van der Waals surface area contributed by atoms with Crippen LogP contribution in [-0.4, -0.2) is 83.5 Å². The van der Waals surface area contributed by atoms with Gasteiger partial charge in [0.2, 0.25) is 11.8 Å². The molecule has 1 aromatic rings. The van der Waals surface area contributed by atoms with Gasteiger partial charge in [-0.15, -0.1) is 13.2 Å². The minimum Gasteiger partial charge on any atom is -0.406 e. The number of aliphatic hydroxyl groups is 1. The molecule has 3 aliphatic heterocycles. The molecule has 3 N–H and O–H groups in total. The van der Waals surface area contributed by atoms with Crippen molar-refractivity contribution in [2.45, 2.75) is 69.2 Å². The van der Waals surface area contributed by atoms with Gasteiger partial charge >= 0.3 is 6.36 Å². The van der Waals surface area contributed by atoms with E-state index in [0.29, 0.717) is 64.8 Å². The van der Waals surface area contributed by atoms with E-state index in [-0.39, 0.29) is 41.8 Å². The lowest BCUT2D eigenvalue weighted by molar-refractivity contribution is -0.274. The minimum atomic E-state index is -4.72. The normalized spacial score (nSPS) is 26.3. The summed E-state index contributed by atoms with van der Waals surface area (Å²) in [6, 6.07) is 5.61. The van der Waals surface area contributed by atoms with Crippen LogP contribution in [0.2, 0.25) is 0 Å². The Morgan fingerprint density at radius 3 is 2.59 bits per heavy atom. The SMILES string of the molecule is O=C1NCC(CCC(=O)N2CCC(O)CC2)N2CC(NCc3ccc(OC(F)(F)F)cc3)CC12. The van der Waals surface area contributed by atoms with Crippen LogP contribution in [0.15, 0.2) is 24.3 Å². The van der Waals surface area contributed by atoms with E-state index in [2.05, 4.69) is 20.3 Å². The first-order chi connectivity index (χ1) is 16.2. The Balaban J connectivity index is 1.26. The smallest absolute Gasteiger partial charge is 0.406 e. The molecule has 0 spiro atoms. The van der Waals surface area contributed by atoms with Gasteiger partial charge in [-0.25, -0.2) is 0 Å². The number of amides is 2. The molecule has 34 heavy (non-hydrogen) atoms. The van der Waals surface area contributed by atoms with Crippen molar-refractivity contribution in [3.05, 3.63) is 29.8 Å². The third-order valence-electron chi connectivity index (χ3n) is 6.88. The van der Waals surface area contributed by atoms with Gasteiger partial charge in [0, 0.05) is 51.2 Å². The number of rotatable bonds is 7. The Hall–Kier alpha value is -2.37. The molecule has 4 rings (SSSR count). The quantitative estimate of drug-likeness (QED) is 0.542. The number of benzene rings is 1. The Morgan fingerprint density at radius 1 is 1.21 bits per heavy atom. The predicted octanol–water partition coefficient (Wildman–Crippen LogP) is 1.38. The van der Waals surface area contributed by atoms with Crippen molar-refractivity contribution in [3.8, 4) is 5.75 Å². The van der Waals surface area contributed by atoms with Crippen molar-refractivity contribution in [1.29, 1.82) is 0 Å². The molecule has 3 aliphatic rings. The molecule has 2 amide bonds. The van der Waals surface area contributed by atoms with E-state index < -0.39 is 6.36 Å². The number of carbonyl (C=O) groups excluding carboxylic acids is 2. The third-order valence-corrected chi connectivity index (χ3v) is 6.88. The van der Waals surface area contributed by atoms with Crippen LogP contribution in [0, 0.1) is 0 Å². The summed E-state index contributed by atoms with van der Waals surface area (Å²) in [5.74, 6) is -0.179. The van der Waals surface area contributed by atoms with Gasteiger partial charge in [0.15, 0.2) is 0 Å². The summed E-state index contributed by atoms with van der Waals surface area (Å²) in [7, 11) is 0. The molecule has 0 radical (unpaired) electrons. The van der Waals surface area contributed by atoms with Crippen molar-refractivity contribution >= 4 is 11.8 Å². The highest BCUT2D eigenvalue weighted by molar-refractivity contribution is 5.83. The monoisotopic (exact) mass is 484 g/mol. The van der Waals surface area contributed by atoms with E-state index >= 15 is 0 Å². The molecule has 188 valence electrons. The number of likely N-dealkylation sites (tertiary alicyclic amines) is 1. The van der Waals surface area contributed by atoms with Crippen LogP contribution in [0.1, 0.15) is 37.7 Å². The average molecular weight is 485 g/mol. The third kappa shape index (κ3) is 6.39. The zero-order valence-electron chi connectivity index (χ0n) is 18.9. The highest BCUT2D eigenvalue weighted by atomic mass is 19.4. The molecule has 3 heterocycles. The Morgan fingerprint density at radius 2 is 1.91 bits per heavy atom. The van der Waals surface area contributed by atoms with Gasteiger partial charge in [-0.05, 0) is 43.4 Å². The van der Waals surface area contributed by atoms with Crippen molar-refractivity contribution in [3.63, 3.8) is 0 Å². The van der Waals surface area contributed by atoms with E-state index in [4.69, 9.17) is 0 Å². The number of piperidine rings is 1. The van der Waals surface area contributed by atoms with E-state index in [1.54, 1.807) is 12.1 Å². The molecular formula is C23H31F3N4O4. The summed E-state index contributed by atoms with van der Waals surface area (Å²) in [5.41, 5.74) is 0.817. The van der Waals surface area contributed by atoms with E-state index in [1.165, 1.54) is 12.1 Å². The number of aliphatic hydroxyl groups excluding tert-OH is 1. The van der Waals surface area contributed by atoms with Gasteiger partial charge in [-0.2, -0.15) is 0 Å². The molecule has 0 bridgehead atoms. The average Bonchev–Trinajstić information content (AvgIpc) is 3.23. The number of carbonyl (C=O) groups is 2. The summed E-state index contributed by atoms with van der Waals surface area (Å²) < 4.78 is 40.8. The van der Waals surface area contributed by atoms with Crippen molar-refractivity contribution in [2.75, 3.05) is 26.2 Å². The molecule has 11 heteroatoms. The van der Waals surface area contributed by atoms with Crippen LogP contribution in [0.3, 0.4) is 0 Å². The number of hydrogen-bond acceptors (Lipinski definition) is 6. The van der Waals surface area contributed by atoms with Gasteiger partial charge in [0.1, 0.15) is 5.75 Å². The highest BCUT2D eigenvalue weighted by Gasteiger charge is 2.43. The molecule has 3 atom stereocenters. The van der Waals surface area contributed by atoms with Crippen LogP contribution in [0.5, 0.6) is 5.75 Å². The summed E-state index contributed by atoms with van der Waals surface area (Å²) in [6.45, 7) is 2.81. The van der Waals surface area contributed by atoms with Crippen molar-refractivity contribution in [2.24, 2.45) is 0 Å². The fourth-order valence-electron chi connectivity index (χ4n) is 5.03. The van der Waals surface area contributed by atoms with Gasteiger partial charge in [0.05, 0.1) is 12.1 Å². The number of nitrogens with one attached hydrogen (secondary N) is 2. The first-order valence-electron chi connectivity index (χ1n) is 11.8. The Bertz CT molecular complexity index is 859. The Kier molecular flexibility index (Phi) is 7.63. The topological polar surface area (TPSA) is 94.1 Å². The summed E-state index contributed by atoms with van der Waals surface area (Å²) >= 11 is 0. The molecular weight excluding hydrogens is 453 g/mol. The maximum atomic E-state index is 12.6. The number of alkyl halides is 3. The number of piperazine rings is 1. The lowest BCUT2D eigenvalue weighted by Crippen LogP contribution is -2.58. The number of hydrogen-bond donors (Lipinski definition) is 3. The first-order valence-corrected chi connectivity index (χ1v) is 11.8. The van der Waals surface area contributed by atoms with Crippen LogP contribution in [-0.2, 0) is 16.1 Å². The van der Waals surface area contributed by atoms with Crippen LogP contribution >= 0.6 is 0 Å². The molecule has 0 saturated carbocycles. The number of nitrogens with zero attached hydrogens (tertiary/aromatic N) is 2. The predicted molar refractivity (Wildman–Crippen MR) is 117 cm³/mol. The molecule has 3 fully saturated rings. The summed E-state index contributed by atoms with van der Waals surface area (Å²) in [4.78, 5) is 29.0. The second-order valence-electron chi connectivity index (χ2n) is 9.27. The first kappa shape index (κ1) is 24.7. The zero-order valence-corrected chi connectivity index (χ0v) is 18.9. The lowest BCUT2D eigenvalue weighted by Gasteiger charge is -2.37. The molecule has 3 unspecified atom stereocenters. The van der Waals surface area contributed by atoms with E-state index in [9.17, 15) is 27.9 Å². The maximum Gasteiger partial charge on any atom is 0.573 e. The highest BCUT2D eigenvalue weighted by Crippen LogP contribution is 2.27. The number of fused-ring (bicyclic) bond motifs is 1. The number of halogens is 3. The van der Waals surface area contributed by atoms with Gasteiger partial charge in [0.25, 0.3) is 0 Å². The fraction of sp³-hybridized carbons (Fsp3) is 0.652. The van der Waals surface area contributed by atoms with Crippen molar-refractivity contribution < 1.29 is 32.6 Å². The fourth-order valence-corrected chi connectivity index (χ4v) is 5.03. The standard InChI is InChI=1S/C23H31F3N4O4/c24-23(25,26)34-19-4-1-15(2-5-19)12-27-16-11-20-22(33)28-13-17(30(20)14-16)3-6-21(32)29-9-7-18(31)8-10-29/h1-2,4-5,16-18,20,27,31H,3,6-14H2,(H,28,33). The second kappa shape index (κ2) is 10.5. The summed E-state index contributed by atoms with van der Waals surface area (Å²) in [5, 5.41) is 16.0. The van der Waals surface area contributed by atoms with Gasteiger partial charge < -0.3 is 25.4 Å². The molecule has 0 aromatic heterocycles. The zero-order chi connectivity index (χ0) is 24.3. The van der Waals surface area contributed by atoms with Crippen molar-refractivity contribution in [1.82, 2.24) is 20.4 Å². The molecule has 3 saturated heterocycles. The molecule has 8 nitrogen and oxygen atoms in total. The number of ether oxygens (including phenoxy) is 1. The largest absolute Gasteiger partial charge is 0.573 e. The van der Waals surface area contributed by atoms with Crippen LogP contribution in [0.25, 0.3) is 0 Å². The minimum absolute atomic E-state index is 0.00875. The van der Waals surface area contributed by atoms with Crippen LogP contribution < -0.4 is 15.4 Å².